The van der Waals surface area contributed by atoms with Gasteiger partial charge in [0.2, 0.25) is 0 Å². The van der Waals surface area contributed by atoms with Gasteiger partial charge in [0.1, 0.15) is 22.7 Å². The Labute approximate surface area is 167 Å². The van der Waals surface area contributed by atoms with E-state index in [0.29, 0.717) is 23.5 Å². The first-order valence-electron chi connectivity index (χ1n) is 9.94. The number of rotatable bonds is 0. The number of ether oxygens (including phenoxy) is 2. The summed E-state index contributed by atoms with van der Waals surface area (Å²) in [5.74, 6) is 1.37. The van der Waals surface area contributed by atoms with E-state index < -0.39 is 5.60 Å². The third-order valence-corrected chi connectivity index (χ3v) is 6.43. The van der Waals surface area contributed by atoms with Crippen LogP contribution in [0.4, 0.5) is 0 Å². The SMILES string of the molecule is CC1(C)Oc2c(c(=O)oc3c2ccc2ccccc23)[C@H]2c3ccccc3OC[C@H]21. The zero-order valence-electron chi connectivity index (χ0n) is 16.3. The van der Waals surface area contributed by atoms with E-state index in [9.17, 15) is 4.79 Å². The fourth-order valence-corrected chi connectivity index (χ4v) is 4.95. The summed E-state index contributed by atoms with van der Waals surface area (Å²) in [7, 11) is 0. The highest BCUT2D eigenvalue weighted by Crippen LogP contribution is 2.53. The fourth-order valence-electron chi connectivity index (χ4n) is 4.95. The minimum absolute atomic E-state index is 0.0192. The van der Waals surface area contributed by atoms with Crippen molar-refractivity contribution < 1.29 is 13.9 Å². The molecule has 4 aromatic rings. The molecule has 0 aliphatic carbocycles. The van der Waals surface area contributed by atoms with Crippen LogP contribution in [0.25, 0.3) is 21.7 Å². The number of benzene rings is 3. The second-order valence-electron chi connectivity index (χ2n) is 8.43. The lowest BCUT2D eigenvalue weighted by Gasteiger charge is -2.46. The molecule has 2 aliphatic rings. The lowest BCUT2D eigenvalue weighted by molar-refractivity contribution is -0.0136. The summed E-state index contributed by atoms with van der Waals surface area (Å²) >= 11 is 0. The summed E-state index contributed by atoms with van der Waals surface area (Å²) in [4.78, 5) is 13.3. The zero-order valence-corrected chi connectivity index (χ0v) is 16.3. The molecule has 3 heterocycles. The normalized spacial score (nSPS) is 21.6. The van der Waals surface area contributed by atoms with Gasteiger partial charge < -0.3 is 13.9 Å². The Bertz CT molecular complexity index is 1350. The molecule has 2 atom stereocenters. The summed E-state index contributed by atoms with van der Waals surface area (Å²) in [5.41, 5.74) is 1.39. The molecule has 0 N–H and O–H groups in total. The summed E-state index contributed by atoms with van der Waals surface area (Å²) in [6.07, 6.45) is 0. The highest BCUT2D eigenvalue weighted by atomic mass is 16.5. The fraction of sp³-hybridized carbons (Fsp3) is 0.240. The second kappa shape index (κ2) is 5.63. The maximum Gasteiger partial charge on any atom is 0.343 e. The molecule has 0 bridgehead atoms. The Hall–Kier alpha value is -3.27. The van der Waals surface area contributed by atoms with Crippen LogP contribution < -0.4 is 15.1 Å². The Kier molecular flexibility index (Phi) is 3.24. The molecule has 1 aromatic heterocycles. The monoisotopic (exact) mass is 384 g/mol. The Morgan fingerprint density at radius 1 is 0.931 bits per heavy atom. The lowest BCUT2D eigenvalue weighted by Crippen LogP contribution is -2.50. The van der Waals surface area contributed by atoms with Crippen molar-refractivity contribution in [2.75, 3.05) is 6.61 Å². The molecule has 0 fully saturated rings. The van der Waals surface area contributed by atoms with Gasteiger partial charge in [0.05, 0.1) is 17.6 Å². The van der Waals surface area contributed by atoms with Crippen molar-refractivity contribution in [3.63, 3.8) is 0 Å². The van der Waals surface area contributed by atoms with E-state index in [2.05, 4.69) is 19.9 Å². The summed E-state index contributed by atoms with van der Waals surface area (Å²) in [6, 6.07) is 19.9. The maximum atomic E-state index is 13.3. The van der Waals surface area contributed by atoms with Gasteiger partial charge in [0.15, 0.2) is 0 Å². The Morgan fingerprint density at radius 2 is 1.72 bits per heavy atom. The van der Waals surface area contributed by atoms with E-state index in [0.717, 1.165) is 27.5 Å². The van der Waals surface area contributed by atoms with Gasteiger partial charge in [-0.05, 0) is 31.4 Å². The molecule has 2 aliphatic heterocycles. The van der Waals surface area contributed by atoms with E-state index in [1.165, 1.54) is 0 Å². The van der Waals surface area contributed by atoms with Crippen LogP contribution in [-0.2, 0) is 0 Å². The van der Waals surface area contributed by atoms with E-state index >= 15 is 0 Å². The van der Waals surface area contributed by atoms with Gasteiger partial charge in [-0.2, -0.15) is 0 Å². The first-order valence-corrected chi connectivity index (χ1v) is 9.94. The van der Waals surface area contributed by atoms with Crippen molar-refractivity contribution in [3.05, 3.63) is 82.2 Å². The standard InChI is InChI=1S/C25H20O4/c1-25(2)18-13-27-19-10-6-5-9-16(19)20(18)21-23(29-25)17-12-11-14-7-3-4-8-15(14)22(17)28-24(21)26/h3-12,18,20H,13H2,1-2H3/t18-,20+/m1/s1. The van der Waals surface area contributed by atoms with Crippen LogP contribution in [-0.4, -0.2) is 12.2 Å². The molecule has 0 saturated heterocycles. The third-order valence-electron chi connectivity index (χ3n) is 6.43. The molecular formula is C25H20O4. The number of fused-ring (bicyclic) bond motifs is 9. The minimum atomic E-state index is -0.489. The first-order chi connectivity index (χ1) is 14.0. The largest absolute Gasteiger partial charge is 0.493 e. The third kappa shape index (κ3) is 2.23. The molecule has 0 spiro atoms. The summed E-state index contributed by atoms with van der Waals surface area (Å²) in [5, 5.41) is 2.79. The molecule has 0 radical (unpaired) electrons. The van der Waals surface area contributed by atoms with E-state index in [1.54, 1.807) is 0 Å². The quantitative estimate of drug-likeness (QED) is 0.307. The molecular weight excluding hydrogens is 364 g/mol. The molecule has 4 nitrogen and oxygen atoms in total. The predicted octanol–water partition coefficient (Wildman–Crippen LogP) is 5.26. The van der Waals surface area contributed by atoms with Gasteiger partial charge >= 0.3 is 5.63 Å². The van der Waals surface area contributed by atoms with Crippen molar-refractivity contribution >= 4 is 21.7 Å². The van der Waals surface area contributed by atoms with Crippen molar-refractivity contribution in [1.29, 1.82) is 0 Å². The number of hydrogen-bond acceptors (Lipinski definition) is 4. The van der Waals surface area contributed by atoms with Crippen LogP contribution in [0.15, 0.2) is 69.9 Å². The van der Waals surface area contributed by atoms with Gasteiger partial charge in [0.25, 0.3) is 0 Å². The molecule has 0 amide bonds. The van der Waals surface area contributed by atoms with Crippen LogP contribution in [0.1, 0.15) is 30.9 Å². The lowest BCUT2D eigenvalue weighted by atomic mass is 9.70. The molecule has 3 aromatic carbocycles. The molecule has 4 heteroatoms. The molecule has 0 saturated carbocycles. The summed E-state index contributed by atoms with van der Waals surface area (Å²) in [6.45, 7) is 4.65. The van der Waals surface area contributed by atoms with Gasteiger partial charge in [-0.15, -0.1) is 0 Å². The second-order valence-corrected chi connectivity index (χ2v) is 8.43. The molecule has 6 rings (SSSR count). The van der Waals surface area contributed by atoms with Crippen LogP contribution in [0.5, 0.6) is 11.5 Å². The van der Waals surface area contributed by atoms with Gasteiger partial charge in [-0.3, -0.25) is 0 Å². The highest BCUT2D eigenvalue weighted by Gasteiger charge is 2.50. The van der Waals surface area contributed by atoms with Crippen LogP contribution in [0, 0.1) is 5.92 Å². The minimum Gasteiger partial charge on any atom is -0.493 e. The number of para-hydroxylation sites is 1. The zero-order chi connectivity index (χ0) is 19.8. The van der Waals surface area contributed by atoms with Crippen molar-refractivity contribution in [3.8, 4) is 11.5 Å². The summed E-state index contributed by atoms with van der Waals surface area (Å²) < 4.78 is 18.5. The average molecular weight is 384 g/mol. The van der Waals surface area contributed by atoms with E-state index in [-0.39, 0.29) is 17.5 Å². The topological polar surface area (TPSA) is 48.7 Å². The van der Waals surface area contributed by atoms with Crippen LogP contribution >= 0.6 is 0 Å². The number of hydrogen-bond donors (Lipinski definition) is 0. The Morgan fingerprint density at radius 3 is 2.62 bits per heavy atom. The molecule has 144 valence electrons. The van der Waals surface area contributed by atoms with Crippen molar-refractivity contribution in [1.82, 2.24) is 0 Å². The average Bonchev–Trinajstić information content (AvgIpc) is 2.73. The Balaban J connectivity index is 1.73. The smallest absolute Gasteiger partial charge is 0.343 e. The van der Waals surface area contributed by atoms with Gasteiger partial charge in [-0.25, -0.2) is 4.79 Å². The van der Waals surface area contributed by atoms with Crippen molar-refractivity contribution in [2.24, 2.45) is 5.92 Å². The molecule has 29 heavy (non-hydrogen) atoms. The van der Waals surface area contributed by atoms with Crippen molar-refractivity contribution in [2.45, 2.75) is 25.4 Å². The highest BCUT2D eigenvalue weighted by molar-refractivity contribution is 6.06. The first kappa shape index (κ1) is 16.7. The van der Waals surface area contributed by atoms with Crippen LogP contribution in [0.2, 0.25) is 0 Å². The molecule has 0 unspecified atom stereocenters. The van der Waals surface area contributed by atoms with Crippen LogP contribution in [0.3, 0.4) is 0 Å². The van der Waals surface area contributed by atoms with E-state index in [4.69, 9.17) is 13.9 Å². The van der Waals surface area contributed by atoms with Gasteiger partial charge in [0, 0.05) is 22.8 Å². The van der Waals surface area contributed by atoms with Gasteiger partial charge in [-0.1, -0.05) is 48.5 Å². The maximum absolute atomic E-state index is 13.3. The van der Waals surface area contributed by atoms with E-state index in [1.807, 2.05) is 54.6 Å². The predicted molar refractivity (Wildman–Crippen MR) is 112 cm³/mol.